The Hall–Kier alpha value is -1.50. The lowest BCUT2D eigenvalue weighted by Crippen LogP contribution is -2.28. The second-order valence-corrected chi connectivity index (χ2v) is 5.02. The van der Waals surface area contributed by atoms with Gasteiger partial charge in [-0.05, 0) is 31.4 Å². The van der Waals surface area contributed by atoms with Gasteiger partial charge < -0.3 is 10.3 Å². The molecule has 1 aliphatic carbocycles. The number of nitrogens with one attached hydrogen (secondary N) is 1. The van der Waals surface area contributed by atoms with Gasteiger partial charge in [-0.1, -0.05) is 13.3 Å². The zero-order valence-corrected chi connectivity index (χ0v) is 11.4. The van der Waals surface area contributed by atoms with E-state index in [1.54, 1.807) is 0 Å². The number of hydrazine groups is 1. The largest absolute Gasteiger partial charge is 0.416 e. The molecular weight excluding hydrogens is 269 g/mol. The van der Waals surface area contributed by atoms with Crippen LogP contribution in [0, 0.1) is 0 Å². The molecule has 1 aromatic rings. The lowest BCUT2D eigenvalue weighted by molar-refractivity contribution is -0.137. The van der Waals surface area contributed by atoms with Gasteiger partial charge in [0.2, 0.25) is 0 Å². The third kappa shape index (κ3) is 3.53. The molecule has 4 nitrogen and oxygen atoms in total. The molecule has 1 fully saturated rings. The predicted molar refractivity (Wildman–Crippen MR) is 72.3 cm³/mol. The van der Waals surface area contributed by atoms with Gasteiger partial charge in [-0.25, -0.2) is 10.8 Å². The Morgan fingerprint density at radius 3 is 2.60 bits per heavy atom. The van der Waals surface area contributed by atoms with Crippen molar-refractivity contribution in [3.8, 4) is 0 Å². The first-order valence-corrected chi connectivity index (χ1v) is 6.78. The van der Waals surface area contributed by atoms with E-state index in [9.17, 15) is 13.2 Å². The van der Waals surface area contributed by atoms with Gasteiger partial charge in [-0.3, -0.25) is 0 Å². The van der Waals surface area contributed by atoms with Gasteiger partial charge in [-0.2, -0.15) is 13.2 Å². The van der Waals surface area contributed by atoms with Gasteiger partial charge >= 0.3 is 6.18 Å². The molecule has 1 heterocycles. The molecule has 0 atom stereocenters. The first kappa shape index (κ1) is 14.9. The number of anilines is 2. The molecule has 112 valence electrons. The standard InChI is InChI=1S/C13H19F3N4/c1-2-3-6-20(10-4-5-10)12-8-9(13(14,15)16)7-11(18-12)19-17/h7-8,10H,2-6,17H2,1H3,(H,18,19). The quantitative estimate of drug-likeness (QED) is 0.623. The fraction of sp³-hybridized carbons (Fsp3) is 0.615. The third-order valence-electron chi connectivity index (χ3n) is 3.32. The highest BCUT2D eigenvalue weighted by Gasteiger charge is 2.34. The van der Waals surface area contributed by atoms with Crippen LogP contribution in [-0.2, 0) is 6.18 Å². The molecule has 0 amide bonds. The molecule has 1 aliphatic rings. The van der Waals surface area contributed by atoms with Gasteiger partial charge in [0, 0.05) is 12.6 Å². The van der Waals surface area contributed by atoms with Crippen molar-refractivity contribution >= 4 is 11.6 Å². The Balaban J connectivity index is 2.32. The van der Waals surface area contributed by atoms with Gasteiger partial charge in [-0.15, -0.1) is 0 Å². The fourth-order valence-corrected chi connectivity index (χ4v) is 2.10. The summed E-state index contributed by atoms with van der Waals surface area (Å²) in [7, 11) is 0. The number of nitrogens with zero attached hydrogens (tertiary/aromatic N) is 2. The van der Waals surface area contributed by atoms with Crippen LogP contribution < -0.4 is 16.2 Å². The first-order chi connectivity index (χ1) is 9.45. The molecule has 0 saturated heterocycles. The summed E-state index contributed by atoms with van der Waals surface area (Å²) in [5.74, 6) is 5.61. The van der Waals surface area contributed by atoms with E-state index in [0.29, 0.717) is 11.9 Å². The first-order valence-electron chi connectivity index (χ1n) is 6.78. The highest BCUT2D eigenvalue weighted by atomic mass is 19.4. The van der Waals surface area contributed by atoms with Crippen LogP contribution in [0.25, 0.3) is 0 Å². The van der Waals surface area contributed by atoms with Crippen LogP contribution in [0.1, 0.15) is 38.2 Å². The summed E-state index contributed by atoms with van der Waals surface area (Å²) < 4.78 is 38.7. The highest BCUT2D eigenvalue weighted by Crippen LogP contribution is 2.36. The minimum atomic E-state index is -4.40. The number of alkyl halides is 3. The Bertz CT molecular complexity index is 457. The number of nitrogens with two attached hydrogens (primary N) is 1. The molecule has 0 unspecified atom stereocenters. The monoisotopic (exact) mass is 288 g/mol. The van der Waals surface area contributed by atoms with E-state index >= 15 is 0 Å². The molecule has 0 spiro atoms. The SMILES string of the molecule is CCCCN(c1cc(C(F)(F)F)cc(NN)n1)C1CC1. The average Bonchev–Trinajstić information content (AvgIpc) is 3.22. The Morgan fingerprint density at radius 1 is 1.40 bits per heavy atom. The molecule has 0 bridgehead atoms. The maximum absolute atomic E-state index is 12.9. The molecular formula is C13H19F3N4. The van der Waals surface area contributed by atoms with Crippen LogP contribution in [0.15, 0.2) is 12.1 Å². The average molecular weight is 288 g/mol. The molecule has 1 saturated carbocycles. The molecule has 1 aromatic heterocycles. The van der Waals surface area contributed by atoms with Crippen molar-refractivity contribution in [3.63, 3.8) is 0 Å². The zero-order valence-electron chi connectivity index (χ0n) is 11.4. The summed E-state index contributed by atoms with van der Waals surface area (Å²) >= 11 is 0. The van der Waals surface area contributed by atoms with Gasteiger partial charge in [0.15, 0.2) is 0 Å². The van der Waals surface area contributed by atoms with E-state index in [2.05, 4.69) is 17.3 Å². The second kappa shape index (κ2) is 5.87. The highest BCUT2D eigenvalue weighted by molar-refractivity contribution is 5.52. The Labute approximate surface area is 116 Å². The van der Waals surface area contributed by atoms with E-state index in [1.165, 1.54) is 0 Å². The summed E-state index contributed by atoms with van der Waals surface area (Å²) in [6.07, 6.45) is -0.465. The number of aromatic nitrogens is 1. The molecule has 3 N–H and O–H groups in total. The molecule has 7 heteroatoms. The number of hydrogen-bond acceptors (Lipinski definition) is 4. The number of unbranched alkanes of at least 4 members (excludes halogenated alkanes) is 1. The third-order valence-corrected chi connectivity index (χ3v) is 3.32. The smallest absolute Gasteiger partial charge is 0.354 e. The fourth-order valence-electron chi connectivity index (χ4n) is 2.10. The molecule has 20 heavy (non-hydrogen) atoms. The van der Waals surface area contributed by atoms with E-state index in [4.69, 9.17) is 5.84 Å². The van der Waals surface area contributed by atoms with Gasteiger partial charge in [0.1, 0.15) is 11.6 Å². The summed E-state index contributed by atoms with van der Waals surface area (Å²) in [5, 5.41) is 0. The lowest BCUT2D eigenvalue weighted by Gasteiger charge is -2.24. The van der Waals surface area contributed by atoms with Crippen LogP contribution in [0.5, 0.6) is 0 Å². The van der Waals surface area contributed by atoms with E-state index in [0.717, 1.165) is 44.4 Å². The summed E-state index contributed by atoms with van der Waals surface area (Å²) in [5.41, 5.74) is 1.49. The van der Waals surface area contributed by atoms with Crippen LogP contribution in [0.2, 0.25) is 0 Å². The summed E-state index contributed by atoms with van der Waals surface area (Å²) in [6.45, 7) is 2.77. The van der Waals surface area contributed by atoms with Crippen molar-refractivity contribution in [2.75, 3.05) is 16.9 Å². The minimum absolute atomic E-state index is 0.0389. The van der Waals surface area contributed by atoms with Crippen LogP contribution in [-0.4, -0.2) is 17.6 Å². The predicted octanol–water partition coefficient (Wildman–Crippen LogP) is 3.15. The Kier molecular flexibility index (Phi) is 4.37. The van der Waals surface area contributed by atoms with Crippen LogP contribution in [0.4, 0.5) is 24.8 Å². The lowest BCUT2D eigenvalue weighted by atomic mass is 10.2. The van der Waals surface area contributed by atoms with Gasteiger partial charge in [0.25, 0.3) is 0 Å². The number of nitrogen functional groups attached to an aromatic ring is 1. The van der Waals surface area contributed by atoms with Crippen molar-refractivity contribution < 1.29 is 13.2 Å². The van der Waals surface area contributed by atoms with E-state index in [1.807, 2.05) is 4.90 Å². The van der Waals surface area contributed by atoms with Crippen molar-refractivity contribution in [3.05, 3.63) is 17.7 Å². The number of halogens is 3. The van der Waals surface area contributed by atoms with Crippen molar-refractivity contribution in [1.29, 1.82) is 0 Å². The molecule has 0 aliphatic heterocycles. The van der Waals surface area contributed by atoms with Gasteiger partial charge in [0.05, 0.1) is 5.56 Å². The molecule has 0 radical (unpaired) electrons. The molecule has 0 aromatic carbocycles. The maximum Gasteiger partial charge on any atom is 0.416 e. The maximum atomic E-state index is 12.9. The number of rotatable bonds is 6. The second-order valence-electron chi connectivity index (χ2n) is 5.02. The van der Waals surface area contributed by atoms with E-state index in [-0.39, 0.29) is 5.82 Å². The topological polar surface area (TPSA) is 54.2 Å². The number of hydrogen-bond donors (Lipinski definition) is 2. The zero-order chi connectivity index (χ0) is 14.8. The van der Waals surface area contributed by atoms with Crippen molar-refractivity contribution in [2.45, 2.75) is 44.8 Å². The molecule has 2 rings (SSSR count). The summed E-state index contributed by atoms with van der Waals surface area (Å²) in [4.78, 5) is 6.13. The normalized spacial score (nSPS) is 15.2. The number of pyridine rings is 1. The van der Waals surface area contributed by atoms with Crippen molar-refractivity contribution in [2.24, 2.45) is 5.84 Å². The van der Waals surface area contributed by atoms with Crippen molar-refractivity contribution in [1.82, 2.24) is 4.98 Å². The summed E-state index contributed by atoms with van der Waals surface area (Å²) in [6, 6.07) is 2.34. The minimum Gasteiger partial charge on any atom is -0.354 e. The van der Waals surface area contributed by atoms with E-state index < -0.39 is 11.7 Å². The van der Waals surface area contributed by atoms with Crippen LogP contribution >= 0.6 is 0 Å². The van der Waals surface area contributed by atoms with Crippen LogP contribution in [0.3, 0.4) is 0 Å². The Morgan fingerprint density at radius 2 is 2.10 bits per heavy atom.